The van der Waals surface area contributed by atoms with Crippen LogP contribution < -0.4 is 0 Å². The lowest BCUT2D eigenvalue weighted by Gasteiger charge is -2.21. The Bertz CT molecular complexity index is 3360. The quantitative estimate of drug-likeness (QED) is 0.121. The van der Waals surface area contributed by atoms with Crippen LogP contribution in [0.2, 0.25) is 0 Å². The van der Waals surface area contributed by atoms with Crippen LogP contribution in [0.4, 0.5) is 0 Å². The molecule has 0 fully saturated rings. The lowest BCUT2D eigenvalue weighted by atomic mass is 9.82. The van der Waals surface area contributed by atoms with E-state index in [4.69, 9.17) is 0 Å². The summed E-state index contributed by atoms with van der Waals surface area (Å²) in [7, 11) is 0. The molecule has 0 N–H and O–H groups in total. The van der Waals surface area contributed by atoms with Gasteiger partial charge in [-0.2, -0.15) is 0 Å². The Balaban J connectivity index is 1.46. The van der Waals surface area contributed by atoms with Gasteiger partial charge < -0.3 is 0 Å². The van der Waals surface area contributed by atoms with Crippen LogP contribution in [0.5, 0.6) is 0 Å². The van der Waals surface area contributed by atoms with Crippen LogP contribution in [-0.4, -0.2) is 0 Å². The third-order valence-corrected chi connectivity index (χ3v) is 14.4. The van der Waals surface area contributed by atoms with Gasteiger partial charge in [-0.25, -0.2) is 0 Å². The minimum atomic E-state index is -0.00599. The Morgan fingerprint density at radius 2 is 0.500 bits per heavy atom. The fourth-order valence-electron chi connectivity index (χ4n) is 11.0. The SMILES string of the molecule is CC(C)(C)c1ccc(-c2c3ccccc3c3c4c5ccc(C(C)(C)C)cc5c5c(-c6ccc(C(C)(C)C)cc6)c6ccccc6c(c6c7ccc(C(C)(C)C)cc7c2c36)c54)cc1. The summed E-state index contributed by atoms with van der Waals surface area (Å²) >= 11 is 0. The van der Waals surface area contributed by atoms with E-state index in [-0.39, 0.29) is 21.7 Å². The summed E-state index contributed by atoms with van der Waals surface area (Å²) in [5.74, 6) is 0. The van der Waals surface area contributed by atoms with Gasteiger partial charge in [-0.1, -0.05) is 204 Å². The van der Waals surface area contributed by atoms with Gasteiger partial charge in [0.25, 0.3) is 0 Å². The normalized spacial score (nSPS) is 13.5. The topological polar surface area (TPSA) is 0 Å². The molecule has 11 aromatic carbocycles. The van der Waals surface area contributed by atoms with Crippen molar-refractivity contribution in [1.29, 1.82) is 0 Å². The van der Waals surface area contributed by atoms with Gasteiger partial charge in [0.1, 0.15) is 0 Å². The highest BCUT2D eigenvalue weighted by Gasteiger charge is 2.31. The molecule has 0 unspecified atom stereocenters. The second-order valence-corrected chi connectivity index (χ2v) is 22.5. The molecule has 0 radical (unpaired) electrons. The Morgan fingerprint density at radius 1 is 0.226 bits per heavy atom. The summed E-state index contributed by atoms with van der Waals surface area (Å²) in [6, 6.07) is 52.5. The molecule has 0 aromatic heterocycles. The van der Waals surface area contributed by atoms with Crippen LogP contribution in [0, 0.1) is 0 Å². The number of fused-ring (bicyclic) bond motifs is 12. The fraction of sp³-hybridized carbons (Fsp3) is 0.258. The smallest absolute Gasteiger partial charge is 0.0000708 e. The van der Waals surface area contributed by atoms with Gasteiger partial charge in [0.2, 0.25) is 0 Å². The van der Waals surface area contributed by atoms with E-state index in [1.807, 2.05) is 0 Å². The monoisotopic (exact) mass is 802 g/mol. The van der Waals surface area contributed by atoms with E-state index >= 15 is 0 Å². The first-order valence-electron chi connectivity index (χ1n) is 22.8. The zero-order chi connectivity index (χ0) is 43.4. The van der Waals surface area contributed by atoms with Crippen molar-refractivity contribution in [3.63, 3.8) is 0 Å². The van der Waals surface area contributed by atoms with Gasteiger partial charge in [0.05, 0.1) is 0 Å². The molecule has 0 amide bonds. The standard InChI is InChI=1S/C62H58/c1-59(2,3)37-25-21-35(22-26-37)49-41-17-13-15-19-43(41)51-54-46-32-30-40(62(10,11)12)34-48(46)56-50(36-23-27-38(28-24-36)60(4,5)6)42-18-14-16-20-44(42)52(58(54)56)53-45-31-29-39(61(7,8)9)33-47(45)55(49)57(51)53/h13-34H,1-12H3. The molecule has 0 aliphatic rings. The zero-order valence-electron chi connectivity index (χ0n) is 38.7. The lowest BCUT2D eigenvalue weighted by Crippen LogP contribution is -2.10. The molecular formula is C62H58. The molecule has 0 aliphatic carbocycles. The second kappa shape index (κ2) is 12.8. The first kappa shape index (κ1) is 38.9. The van der Waals surface area contributed by atoms with Crippen LogP contribution >= 0.6 is 0 Å². The highest BCUT2D eigenvalue weighted by atomic mass is 14.3. The maximum atomic E-state index is 2.54. The summed E-state index contributed by atoms with van der Waals surface area (Å²) in [6.45, 7) is 28.0. The molecule has 11 rings (SSSR count). The Kier molecular flexibility index (Phi) is 8.03. The number of rotatable bonds is 2. The van der Waals surface area contributed by atoms with Crippen LogP contribution in [0.1, 0.15) is 105 Å². The van der Waals surface area contributed by atoms with Gasteiger partial charge in [0, 0.05) is 0 Å². The molecule has 306 valence electrons. The molecule has 11 aromatic rings. The molecule has 0 saturated carbocycles. The predicted octanol–water partition coefficient (Wildman–Crippen LogP) is 18.3. The summed E-state index contributed by atoms with van der Waals surface area (Å²) in [6.07, 6.45) is 0. The van der Waals surface area contributed by atoms with Gasteiger partial charge in [-0.3, -0.25) is 0 Å². The maximum absolute atomic E-state index is 2.54. The first-order chi connectivity index (χ1) is 29.3. The molecular weight excluding hydrogens is 745 g/mol. The molecule has 0 nitrogen and oxygen atoms in total. The molecule has 0 saturated heterocycles. The average Bonchev–Trinajstić information content (AvgIpc) is 3.74. The van der Waals surface area contributed by atoms with E-state index in [1.54, 1.807) is 0 Å². The van der Waals surface area contributed by atoms with E-state index in [0.717, 1.165) is 0 Å². The van der Waals surface area contributed by atoms with Crippen LogP contribution in [-0.2, 0) is 21.7 Å². The van der Waals surface area contributed by atoms with Crippen molar-refractivity contribution in [2.45, 2.75) is 105 Å². The zero-order valence-corrected chi connectivity index (χ0v) is 38.7. The van der Waals surface area contributed by atoms with Crippen molar-refractivity contribution >= 4 is 86.2 Å². The molecule has 0 heteroatoms. The molecule has 0 bridgehead atoms. The summed E-state index contributed by atoms with van der Waals surface area (Å²) in [5.41, 5.74) is 10.8. The van der Waals surface area contributed by atoms with Crippen molar-refractivity contribution in [2.75, 3.05) is 0 Å². The van der Waals surface area contributed by atoms with Crippen LogP contribution in [0.3, 0.4) is 0 Å². The highest BCUT2D eigenvalue weighted by Crippen LogP contribution is 2.58. The molecule has 62 heavy (non-hydrogen) atoms. The largest absolute Gasteiger partial charge is 0.0616 e. The van der Waals surface area contributed by atoms with Crippen LogP contribution in [0.25, 0.3) is 108 Å². The van der Waals surface area contributed by atoms with Gasteiger partial charge >= 0.3 is 0 Å². The summed E-state index contributed by atoms with van der Waals surface area (Å²) in [4.78, 5) is 0. The highest BCUT2D eigenvalue weighted by molar-refractivity contribution is 6.55. The number of benzene rings is 9. The van der Waals surface area contributed by atoms with E-state index in [0.29, 0.717) is 0 Å². The van der Waals surface area contributed by atoms with E-state index in [2.05, 4.69) is 217 Å². The Morgan fingerprint density at radius 3 is 0.806 bits per heavy atom. The van der Waals surface area contributed by atoms with E-state index < -0.39 is 0 Å². The maximum Gasteiger partial charge on any atom is -0.0000708 e. The van der Waals surface area contributed by atoms with Crippen molar-refractivity contribution in [3.05, 3.63) is 156 Å². The molecule has 0 heterocycles. The van der Waals surface area contributed by atoms with E-state index in [1.165, 1.54) is 131 Å². The average molecular weight is 803 g/mol. The predicted molar refractivity (Wildman–Crippen MR) is 275 cm³/mol. The van der Waals surface area contributed by atoms with Crippen molar-refractivity contribution in [3.8, 4) is 22.3 Å². The minimum Gasteiger partial charge on any atom is -0.0616 e. The Labute approximate surface area is 367 Å². The van der Waals surface area contributed by atoms with Crippen molar-refractivity contribution < 1.29 is 0 Å². The van der Waals surface area contributed by atoms with Gasteiger partial charge in [0.15, 0.2) is 0 Å². The summed E-state index contributed by atoms with van der Waals surface area (Å²) < 4.78 is 0. The number of hydrogen-bond acceptors (Lipinski definition) is 0. The van der Waals surface area contributed by atoms with Gasteiger partial charge in [-0.15, -0.1) is 0 Å². The Hall–Kier alpha value is -5.98. The summed E-state index contributed by atoms with van der Waals surface area (Å²) in [5, 5.41) is 21.8. The first-order valence-corrected chi connectivity index (χ1v) is 22.8. The minimum absolute atomic E-state index is 0.00599. The molecule has 0 spiro atoms. The molecule has 0 aliphatic heterocycles. The fourth-order valence-corrected chi connectivity index (χ4v) is 11.0. The third-order valence-electron chi connectivity index (χ3n) is 14.4. The second-order valence-electron chi connectivity index (χ2n) is 22.5. The third kappa shape index (κ3) is 5.51. The lowest BCUT2D eigenvalue weighted by molar-refractivity contribution is 0.590. The van der Waals surface area contributed by atoms with E-state index in [9.17, 15) is 0 Å². The van der Waals surface area contributed by atoms with Crippen molar-refractivity contribution in [2.24, 2.45) is 0 Å². The van der Waals surface area contributed by atoms with Gasteiger partial charge in [-0.05, 0) is 164 Å². The van der Waals surface area contributed by atoms with Crippen LogP contribution in [0.15, 0.2) is 133 Å². The molecule has 0 atom stereocenters. The number of hydrogen-bond donors (Lipinski definition) is 0. The van der Waals surface area contributed by atoms with Crippen molar-refractivity contribution in [1.82, 2.24) is 0 Å².